The summed E-state index contributed by atoms with van der Waals surface area (Å²) in [6.45, 7) is 4.12. The Labute approximate surface area is 133 Å². The van der Waals surface area contributed by atoms with Crippen molar-refractivity contribution in [2.24, 2.45) is 5.84 Å². The quantitative estimate of drug-likeness (QED) is 0.561. The molecule has 0 atom stereocenters. The van der Waals surface area contributed by atoms with E-state index in [1.54, 1.807) is 13.0 Å². The minimum Gasteiger partial charge on any atom is -0.341 e. The van der Waals surface area contributed by atoms with Gasteiger partial charge < -0.3 is 4.98 Å². The maximum Gasteiger partial charge on any atom is 0.155 e. The maximum atomic E-state index is 14.1. The van der Waals surface area contributed by atoms with Crippen LogP contribution in [0.3, 0.4) is 0 Å². The average Bonchev–Trinajstić information content (AvgIpc) is 3.04. The first kappa shape index (κ1) is 15.4. The summed E-state index contributed by atoms with van der Waals surface area (Å²) in [5.74, 6) is 7.00. The van der Waals surface area contributed by atoms with Crippen LogP contribution in [0.15, 0.2) is 30.3 Å². The zero-order valence-corrected chi connectivity index (χ0v) is 13.1. The molecule has 0 radical (unpaired) electrons. The summed E-state index contributed by atoms with van der Waals surface area (Å²) in [5.41, 5.74) is 2.92. The number of fused-ring (bicyclic) bond motifs is 1. The minimum absolute atomic E-state index is 0.186. The molecule has 1 aromatic carbocycles. The molecule has 0 spiro atoms. The maximum absolute atomic E-state index is 14.1. The van der Waals surface area contributed by atoms with Crippen LogP contribution in [0.1, 0.15) is 30.0 Å². The summed E-state index contributed by atoms with van der Waals surface area (Å²) < 4.78 is 14.1. The van der Waals surface area contributed by atoms with Crippen molar-refractivity contribution >= 4 is 17.1 Å². The lowest BCUT2D eigenvalue weighted by molar-refractivity contribution is 0.229. The molecule has 120 valence electrons. The fraction of sp³-hybridized carbons (Fsp3) is 0.250. The first-order valence-corrected chi connectivity index (χ1v) is 7.39. The van der Waals surface area contributed by atoms with Crippen LogP contribution < -0.4 is 5.84 Å². The number of imidazole rings is 2. The monoisotopic (exact) mass is 314 g/mol. The van der Waals surface area contributed by atoms with Gasteiger partial charge in [-0.15, -0.1) is 0 Å². The topological polar surface area (TPSA) is 75.8 Å². The third-order valence-electron chi connectivity index (χ3n) is 3.60. The molecule has 0 aliphatic heterocycles. The number of aromatic nitrogens is 4. The number of para-hydroxylation sites is 2. The van der Waals surface area contributed by atoms with Crippen molar-refractivity contribution in [3.05, 3.63) is 53.4 Å². The molecular weight excluding hydrogens is 295 g/mol. The van der Waals surface area contributed by atoms with E-state index in [1.165, 1.54) is 5.01 Å². The molecule has 0 saturated heterocycles. The molecule has 3 N–H and O–H groups in total. The van der Waals surface area contributed by atoms with Gasteiger partial charge in [-0.2, -0.15) is 4.79 Å². The molecule has 0 amide bonds. The Morgan fingerprint density at radius 2 is 2.09 bits per heavy atom. The number of halogens is 1. The molecule has 3 rings (SSSR count). The van der Waals surface area contributed by atoms with Crippen molar-refractivity contribution in [1.29, 1.82) is 0 Å². The van der Waals surface area contributed by atoms with E-state index in [4.69, 9.17) is 5.84 Å². The molecule has 7 heteroatoms. The molecule has 0 saturated carbocycles. The van der Waals surface area contributed by atoms with Crippen molar-refractivity contribution in [3.8, 4) is 0 Å². The van der Waals surface area contributed by atoms with Crippen molar-refractivity contribution in [2.75, 3.05) is 0 Å². The second-order valence-corrected chi connectivity index (χ2v) is 5.39. The van der Waals surface area contributed by atoms with E-state index in [2.05, 4.69) is 15.0 Å². The normalized spacial score (nSPS) is 12.0. The van der Waals surface area contributed by atoms with E-state index < -0.39 is 0 Å². The Balaban J connectivity index is 1.74. The number of hydrazine groups is 1. The van der Waals surface area contributed by atoms with E-state index in [1.807, 2.05) is 37.3 Å². The summed E-state index contributed by atoms with van der Waals surface area (Å²) in [6.07, 6.45) is 3.60. The molecule has 0 fully saturated rings. The van der Waals surface area contributed by atoms with Crippen LogP contribution in [0.4, 0.5) is 4.48 Å². The third-order valence-corrected chi connectivity index (χ3v) is 3.60. The van der Waals surface area contributed by atoms with Crippen molar-refractivity contribution in [1.82, 2.24) is 24.8 Å². The first-order valence-electron chi connectivity index (χ1n) is 7.39. The third kappa shape index (κ3) is 3.15. The van der Waals surface area contributed by atoms with Crippen molar-refractivity contribution in [3.63, 3.8) is 0 Å². The van der Waals surface area contributed by atoms with E-state index in [0.717, 1.165) is 16.9 Å². The van der Waals surface area contributed by atoms with Crippen LogP contribution in [0, 0.1) is 6.92 Å². The van der Waals surface area contributed by atoms with Crippen LogP contribution in [0.2, 0.25) is 0 Å². The number of rotatable bonds is 5. The van der Waals surface area contributed by atoms with Gasteiger partial charge in [0, 0.05) is 0 Å². The Hall–Kier alpha value is -2.51. The van der Waals surface area contributed by atoms with Gasteiger partial charge >= 0.3 is 0 Å². The van der Waals surface area contributed by atoms with Gasteiger partial charge in [-0.1, -0.05) is 22.7 Å². The van der Waals surface area contributed by atoms with Gasteiger partial charge in [-0.25, -0.2) is 15.0 Å². The standard InChI is InChI=1S/C16H19FN6/c1-3-6-12-11(2)23(17)16(21-12)10-22(18)9-15-19-13-7-4-5-8-14(13)20-15/h3-8H,9-10,18H2,1-2H3,(H,19,20)/b6-3-. The lowest BCUT2D eigenvalue weighted by Crippen LogP contribution is -2.31. The highest BCUT2D eigenvalue weighted by atomic mass is 19.2. The predicted octanol–water partition coefficient (Wildman–Crippen LogP) is 2.71. The first-order chi connectivity index (χ1) is 11.1. The predicted molar refractivity (Wildman–Crippen MR) is 87.7 cm³/mol. The number of nitrogens with two attached hydrogens (primary N) is 1. The number of nitrogens with one attached hydrogen (secondary N) is 1. The average molecular weight is 314 g/mol. The van der Waals surface area contributed by atoms with E-state index in [-0.39, 0.29) is 12.4 Å². The summed E-state index contributed by atoms with van der Waals surface area (Å²) in [6, 6.07) is 7.75. The smallest absolute Gasteiger partial charge is 0.155 e. The van der Waals surface area contributed by atoms with Gasteiger partial charge in [-0.3, -0.25) is 5.84 Å². The molecule has 0 aliphatic rings. The highest BCUT2D eigenvalue weighted by Crippen LogP contribution is 2.15. The summed E-state index contributed by atoms with van der Waals surface area (Å²) in [5, 5.41) is 1.48. The van der Waals surface area contributed by atoms with Crippen molar-refractivity contribution < 1.29 is 4.48 Å². The van der Waals surface area contributed by atoms with E-state index >= 15 is 0 Å². The molecule has 3 aromatic rings. The summed E-state index contributed by atoms with van der Waals surface area (Å²) in [4.78, 5) is 12.5. The van der Waals surface area contributed by atoms with Crippen LogP contribution in [0.25, 0.3) is 17.1 Å². The fourth-order valence-electron chi connectivity index (χ4n) is 2.48. The highest BCUT2D eigenvalue weighted by molar-refractivity contribution is 5.74. The van der Waals surface area contributed by atoms with E-state index in [0.29, 0.717) is 22.7 Å². The van der Waals surface area contributed by atoms with Crippen LogP contribution in [-0.2, 0) is 13.1 Å². The molecule has 0 bridgehead atoms. The van der Waals surface area contributed by atoms with Crippen molar-refractivity contribution in [2.45, 2.75) is 26.9 Å². The van der Waals surface area contributed by atoms with Gasteiger partial charge in [0.05, 0.1) is 35.5 Å². The molecule has 2 heterocycles. The molecular formula is C16H19FN6. The molecule has 0 aliphatic carbocycles. The zero-order chi connectivity index (χ0) is 16.4. The van der Waals surface area contributed by atoms with Crippen LogP contribution in [-0.4, -0.2) is 24.8 Å². The number of H-pyrrole nitrogens is 1. The number of aromatic amines is 1. The Bertz CT molecular complexity index is 814. The lowest BCUT2D eigenvalue weighted by Gasteiger charge is -2.13. The number of benzene rings is 1. The van der Waals surface area contributed by atoms with Gasteiger partial charge in [0.25, 0.3) is 0 Å². The Kier molecular flexibility index (Phi) is 4.22. The summed E-state index contributed by atoms with van der Waals surface area (Å²) in [7, 11) is 0. The zero-order valence-electron chi connectivity index (χ0n) is 13.1. The molecule has 0 unspecified atom stereocenters. The number of nitrogens with zero attached hydrogens (tertiary/aromatic N) is 4. The SMILES string of the molecule is C/C=C\c1nc(CN(N)Cc2nc3ccccc3[nH]2)n(F)c1C. The van der Waals surface area contributed by atoms with Crippen LogP contribution >= 0.6 is 0 Å². The highest BCUT2D eigenvalue weighted by Gasteiger charge is 2.15. The van der Waals surface area contributed by atoms with Gasteiger partial charge in [0.2, 0.25) is 0 Å². The van der Waals surface area contributed by atoms with Crippen LogP contribution in [0.5, 0.6) is 0 Å². The number of allylic oxidation sites excluding steroid dienone is 1. The lowest BCUT2D eigenvalue weighted by atomic mass is 10.3. The Morgan fingerprint density at radius 3 is 2.83 bits per heavy atom. The molecule has 23 heavy (non-hydrogen) atoms. The second-order valence-electron chi connectivity index (χ2n) is 5.39. The van der Waals surface area contributed by atoms with E-state index in [9.17, 15) is 4.48 Å². The van der Waals surface area contributed by atoms with Gasteiger partial charge in [0.15, 0.2) is 5.82 Å². The minimum atomic E-state index is 0.186. The Morgan fingerprint density at radius 1 is 1.30 bits per heavy atom. The molecule has 2 aromatic heterocycles. The fourth-order valence-corrected chi connectivity index (χ4v) is 2.48. The second kappa shape index (κ2) is 6.31. The van der Waals surface area contributed by atoms with Gasteiger partial charge in [0.1, 0.15) is 5.82 Å². The number of hydrogen-bond donors (Lipinski definition) is 2. The molecule has 6 nitrogen and oxygen atoms in total. The number of hydrogen-bond acceptors (Lipinski definition) is 4. The summed E-state index contributed by atoms with van der Waals surface area (Å²) >= 11 is 0. The van der Waals surface area contributed by atoms with Gasteiger partial charge in [-0.05, 0) is 32.1 Å². The largest absolute Gasteiger partial charge is 0.341 e.